The Labute approximate surface area is 315 Å². The average Bonchev–Trinajstić information content (AvgIpc) is 3.86. The number of carbonyl (C=O) groups is 5. The monoisotopic (exact) mass is 740 g/mol. The molecule has 0 saturated carbocycles. The Morgan fingerprint density at radius 3 is 1.68 bits per heavy atom. The third-order valence-corrected chi connectivity index (χ3v) is 9.15. The summed E-state index contributed by atoms with van der Waals surface area (Å²) >= 11 is 0. The minimum atomic E-state index is -1.03. The lowest BCUT2D eigenvalue weighted by molar-refractivity contribution is -0.135. The molecule has 0 spiro atoms. The lowest BCUT2D eigenvalue weighted by Crippen LogP contribution is -2.59. The second kappa shape index (κ2) is 26.3. The molecule has 5 amide bonds. The van der Waals surface area contributed by atoms with Crippen LogP contribution >= 0.6 is 0 Å². The summed E-state index contributed by atoms with van der Waals surface area (Å²) in [5, 5.41) is 13.5. The Balaban J connectivity index is 1.82. The Kier molecular flexibility index (Phi) is 22.2. The highest BCUT2D eigenvalue weighted by Gasteiger charge is 2.31. The number of hydrogen-bond donors (Lipinski definition) is 7. The first-order chi connectivity index (χ1) is 25.5. The van der Waals surface area contributed by atoms with Crippen molar-refractivity contribution in [3.05, 3.63) is 48.6 Å². The van der Waals surface area contributed by atoms with E-state index in [4.69, 9.17) is 0 Å². The summed E-state index contributed by atoms with van der Waals surface area (Å²) in [5.74, 6) is -2.63. The summed E-state index contributed by atoms with van der Waals surface area (Å²) in [7, 11) is 1.47. The van der Waals surface area contributed by atoms with Crippen molar-refractivity contribution in [3.8, 4) is 0 Å². The normalized spacial score (nSPS) is 13.6. The summed E-state index contributed by atoms with van der Waals surface area (Å²) in [6.45, 7) is 7.29. The molecule has 0 fully saturated rings. The zero-order valence-electron chi connectivity index (χ0n) is 32.6. The fourth-order valence-electron chi connectivity index (χ4n) is 5.90. The highest BCUT2D eigenvalue weighted by Crippen LogP contribution is 2.11. The molecule has 0 aliphatic carbocycles. The van der Waals surface area contributed by atoms with Gasteiger partial charge in [-0.25, -0.2) is 9.97 Å². The molecule has 7 N–H and O–H groups in total. The lowest BCUT2D eigenvalue weighted by Gasteiger charge is -2.27. The van der Waals surface area contributed by atoms with Gasteiger partial charge in [-0.15, -0.1) is 0 Å². The first-order valence-electron chi connectivity index (χ1n) is 19.6. The highest BCUT2D eigenvalue weighted by atomic mass is 16.2. The van der Waals surface area contributed by atoms with E-state index in [1.54, 1.807) is 26.2 Å². The molecule has 0 radical (unpaired) electrons. The topological polar surface area (TPSA) is 203 Å². The van der Waals surface area contributed by atoms with Crippen LogP contribution in [0, 0.1) is 5.92 Å². The van der Waals surface area contributed by atoms with Gasteiger partial charge in [-0.1, -0.05) is 84.3 Å². The number of aromatic amines is 2. The van der Waals surface area contributed by atoms with Crippen LogP contribution in [-0.4, -0.2) is 80.7 Å². The number of likely N-dealkylation sites (N-methyl/N-ethyl adjacent to an activating group) is 1. The molecule has 0 saturated heterocycles. The third kappa shape index (κ3) is 18.7. The van der Waals surface area contributed by atoms with Crippen molar-refractivity contribution in [1.29, 1.82) is 0 Å². The molecule has 0 unspecified atom stereocenters. The van der Waals surface area contributed by atoms with E-state index in [0.717, 1.165) is 38.5 Å². The second-order valence-corrected chi connectivity index (χ2v) is 14.2. The first kappa shape index (κ1) is 44.7. The molecular weight excluding hydrogens is 674 g/mol. The predicted molar refractivity (Wildman–Crippen MR) is 206 cm³/mol. The number of nitrogens with zero attached hydrogens (tertiary/aromatic N) is 2. The maximum Gasteiger partial charge on any atom is 0.243 e. The van der Waals surface area contributed by atoms with Gasteiger partial charge in [-0.3, -0.25) is 24.0 Å². The molecule has 2 aromatic rings. The van der Waals surface area contributed by atoms with Crippen molar-refractivity contribution < 1.29 is 24.0 Å². The molecule has 0 aliphatic heterocycles. The summed E-state index contributed by atoms with van der Waals surface area (Å²) in [6, 6.07) is -3.85. The molecule has 4 atom stereocenters. The number of imidazole rings is 2. The van der Waals surface area contributed by atoms with Crippen molar-refractivity contribution in [2.75, 3.05) is 7.05 Å². The fourth-order valence-corrected chi connectivity index (χ4v) is 5.90. The van der Waals surface area contributed by atoms with E-state index in [0.29, 0.717) is 17.8 Å². The standard InChI is InChI=1S/C39H65N9O5/c1-6-7-8-9-10-11-12-13-14-15-16-17-18-19-20-21-34(49)46-33(23-31-25-42-27-44-31)38(52)45-29(4)36(50)48-35(28(2)3)39(53)47-32(37(51)40-5)22-30-24-41-26-43-30/h13-14,24-29,32-33,35H,6-12,15-23H2,1-5H3,(H,40,51)(H,41,43)(H,42,44)(H,45,52)(H,46,49)(H,47,53)(H,48,50)/b14-13+/t29-,32-,33-,35-/m0/s1. The third-order valence-electron chi connectivity index (χ3n) is 9.15. The van der Waals surface area contributed by atoms with Gasteiger partial charge < -0.3 is 36.6 Å². The fraction of sp³-hybridized carbons (Fsp3) is 0.667. The number of carbonyl (C=O) groups excluding carboxylic acids is 5. The van der Waals surface area contributed by atoms with Crippen LogP contribution in [-0.2, 0) is 36.8 Å². The number of hydrogen-bond acceptors (Lipinski definition) is 7. The van der Waals surface area contributed by atoms with E-state index in [9.17, 15) is 24.0 Å². The Morgan fingerprint density at radius 1 is 0.642 bits per heavy atom. The Morgan fingerprint density at radius 2 is 1.17 bits per heavy atom. The van der Waals surface area contributed by atoms with Crippen LogP contribution in [0.3, 0.4) is 0 Å². The van der Waals surface area contributed by atoms with Crippen LogP contribution in [0.2, 0.25) is 0 Å². The van der Waals surface area contributed by atoms with Gasteiger partial charge in [0.2, 0.25) is 29.5 Å². The van der Waals surface area contributed by atoms with Crippen molar-refractivity contribution in [1.82, 2.24) is 46.5 Å². The van der Waals surface area contributed by atoms with Crippen molar-refractivity contribution in [2.45, 2.75) is 155 Å². The van der Waals surface area contributed by atoms with Gasteiger partial charge in [-0.05, 0) is 44.9 Å². The zero-order chi connectivity index (χ0) is 38.8. The van der Waals surface area contributed by atoms with E-state index in [2.05, 4.69) is 65.6 Å². The molecule has 53 heavy (non-hydrogen) atoms. The van der Waals surface area contributed by atoms with Gasteiger partial charge in [0.25, 0.3) is 0 Å². The first-order valence-corrected chi connectivity index (χ1v) is 19.6. The summed E-state index contributed by atoms with van der Waals surface area (Å²) in [5.41, 5.74) is 1.31. The van der Waals surface area contributed by atoms with Gasteiger partial charge >= 0.3 is 0 Å². The van der Waals surface area contributed by atoms with E-state index < -0.39 is 47.8 Å². The van der Waals surface area contributed by atoms with Crippen LogP contribution in [0.15, 0.2) is 37.2 Å². The number of allylic oxidation sites excluding steroid dienone is 2. The number of H-pyrrole nitrogens is 2. The minimum Gasteiger partial charge on any atom is -0.357 e. The van der Waals surface area contributed by atoms with Crippen molar-refractivity contribution in [3.63, 3.8) is 0 Å². The maximum atomic E-state index is 13.4. The molecule has 14 heteroatoms. The smallest absolute Gasteiger partial charge is 0.243 e. The molecule has 0 bridgehead atoms. The van der Waals surface area contributed by atoms with Gasteiger partial charge in [-0.2, -0.15) is 0 Å². The van der Waals surface area contributed by atoms with Crippen LogP contribution in [0.1, 0.15) is 129 Å². The van der Waals surface area contributed by atoms with E-state index in [1.165, 1.54) is 71.6 Å². The maximum absolute atomic E-state index is 13.4. The predicted octanol–water partition coefficient (Wildman–Crippen LogP) is 4.32. The molecule has 2 rings (SSSR count). The molecule has 0 aliphatic rings. The molecule has 2 heterocycles. The molecule has 0 aromatic carbocycles. The lowest BCUT2D eigenvalue weighted by atomic mass is 10.0. The number of unbranched alkanes of at least 4 members (excludes halogenated alkanes) is 11. The average molecular weight is 740 g/mol. The summed E-state index contributed by atoms with van der Waals surface area (Å²) in [4.78, 5) is 79.2. The second-order valence-electron chi connectivity index (χ2n) is 14.2. The van der Waals surface area contributed by atoms with E-state index in [1.807, 2.05) is 0 Å². The SMILES string of the molecule is CCCCCCCC/C=C/CCCCCCCC(=O)N[C@@H](Cc1cnc[nH]1)C(=O)N[C@@H](C)C(=O)N[C@H](C(=O)N[C@@H](Cc1cnc[nH]1)C(=O)NC)C(C)C. The van der Waals surface area contributed by atoms with E-state index >= 15 is 0 Å². The van der Waals surface area contributed by atoms with Crippen LogP contribution < -0.4 is 26.6 Å². The van der Waals surface area contributed by atoms with Gasteiger partial charge in [0.1, 0.15) is 24.2 Å². The minimum absolute atomic E-state index is 0.159. The highest BCUT2D eigenvalue weighted by molar-refractivity contribution is 5.95. The number of rotatable bonds is 28. The Hall–Kier alpha value is -4.49. The molecular formula is C39H65N9O5. The summed E-state index contributed by atoms with van der Waals surface area (Å²) in [6.07, 6.45) is 26.5. The van der Waals surface area contributed by atoms with Crippen molar-refractivity contribution >= 4 is 29.5 Å². The summed E-state index contributed by atoms with van der Waals surface area (Å²) < 4.78 is 0. The van der Waals surface area contributed by atoms with Crippen LogP contribution in [0.4, 0.5) is 0 Å². The Bertz CT molecular complexity index is 1360. The zero-order valence-corrected chi connectivity index (χ0v) is 32.6. The molecule has 296 valence electrons. The quantitative estimate of drug-likeness (QED) is 0.0497. The number of amides is 5. The van der Waals surface area contributed by atoms with Gasteiger partial charge in [0, 0.05) is 50.1 Å². The number of nitrogens with one attached hydrogen (secondary N) is 7. The van der Waals surface area contributed by atoms with Crippen molar-refractivity contribution in [2.24, 2.45) is 5.92 Å². The van der Waals surface area contributed by atoms with Crippen LogP contribution in [0.5, 0.6) is 0 Å². The van der Waals surface area contributed by atoms with Crippen LogP contribution in [0.25, 0.3) is 0 Å². The van der Waals surface area contributed by atoms with Gasteiger partial charge in [0.05, 0.1) is 12.7 Å². The number of aromatic nitrogens is 4. The van der Waals surface area contributed by atoms with Gasteiger partial charge in [0.15, 0.2) is 0 Å². The molecule has 2 aromatic heterocycles. The molecule has 14 nitrogen and oxygen atoms in total. The van der Waals surface area contributed by atoms with E-state index in [-0.39, 0.29) is 24.7 Å². The largest absolute Gasteiger partial charge is 0.357 e.